The maximum absolute atomic E-state index is 13.0. The van der Waals surface area contributed by atoms with Gasteiger partial charge in [0.2, 0.25) is 23.2 Å². The van der Waals surface area contributed by atoms with Crippen molar-refractivity contribution in [2.45, 2.75) is 38.1 Å². The number of fused-ring (bicyclic) bond motifs is 3. The Kier molecular flexibility index (Phi) is 7.30. The molecule has 1 atom stereocenters. The molecule has 0 saturated carbocycles. The smallest absolute Gasteiger partial charge is 0.270 e. The summed E-state index contributed by atoms with van der Waals surface area (Å²) in [4.78, 5) is 29.7. The number of halogens is 1. The molecule has 38 heavy (non-hydrogen) atoms. The zero-order chi connectivity index (χ0) is 26.8. The molecule has 1 aliphatic heterocycles. The number of amides is 1. The Morgan fingerprint density at radius 1 is 1.16 bits per heavy atom. The number of thioether (sulfide) groups is 1. The second-order valence-corrected chi connectivity index (χ2v) is 9.92. The van der Waals surface area contributed by atoms with Crippen molar-refractivity contribution in [3.05, 3.63) is 75.5 Å². The topological polar surface area (TPSA) is 124 Å². The molecule has 0 spiro atoms. The standard InChI is InChI=1S/C26H22ClN5O5S/c1-3-4-13-38-26-28-24-23(29-30-26)18-7-5-6-8-20(18)31(15(2)33)25(37-24)22-12-11-21(36-22)17-10-9-16(32(34)35)14-19(17)27/h5-12,14,25H,3-4,13H2,1-2H3/t25-/m1/s1. The molecule has 0 radical (unpaired) electrons. The van der Waals surface area contributed by atoms with Gasteiger partial charge in [0.25, 0.3) is 5.69 Å². The Balaban J connectivity index is 1.59. The van der Waals surface area contributed by atoms with Crippen LogP contribution in [0.2, 0.25) is 5.02 Å². The van der Waals surface area contributed by atoms with E-state index in [4.69, 9.17) is 20.8 Å². The van der Waals surface area contributed by atoms with Gasteiger partial charge in [0, 0.05) is 35.9 Å². The molecule has 194 valence electrons. The van der Waals surface area contributed by atoms with Gasteiger partial charge in [0.05, 0.1) is 15.6 Å². The van der Waals surface area contributed by atoms with Gasteiger partial charge in [0.15, 0.2) is 11.5 Å². The average molecular weight is 552 g/mol. The molecule has 0 unspecified atom stereocenters. The molecule has 4 aromatic rings. The number of carbonyl (C=O) groups excluding carboxylic acids is 1. The maximum Gasteiger partial charge on any atom is 0.270 e. The molecule has 0 aliphatic carbocycles. The lowest BCUT2D eigenvalue weighted by Crippen LogP contribution is -2.35. The van der Waals surface area contributed by atoms with E-state index < -0.39 is 11.2 Å². The van der Waals surface area contributed by atoms with Crippen LogP contribution in [0.15, 0.2) is 64.2 Å². The molecule has 0 saturated heterocycles. The third-order valence-corrected chi connectivity index (χ3v) is 7.12. The van der Waals surface area contributed by atoms with E-state index in [2.05, 4.69) is 22.1 Å². The lowest BCUT2D eigenvalue weighted by atomic mass is 10.1. The average Bonchev–Trinajstić information content (AvgIpc) is 3.33. The number of nitro benzene ring substituents is 1. The van der Waals surface area contributed by atoms with Crippen LogP contribution in [0.25, 0.3) is 22.6 Å². The predicted molar refractivity (Wildman–Crippen MR) is 143 cm³/mol. The van der Waals surface area contributed by atoms with Gasteiger partial charge in [-0.15, -0.1) is 10.2 Å². The summed E-state index contributed by atoms with van der Waals surface area (Å²) in [6.45, 7) is 3.55. The van der Waals surface area contributed by atoms with Crippen molar-refractivity contribution in [3.63, 3.8) is 0 Å². The van der Waals surface area contributed by atoms with Crippen molar-refractivity contribution in [3.8, 4) is 28.5 Å². The van der Waals surface area contributed by atoms with Crippen LogP contribution >= 0.6 is 23.4 Å². The monoisotopic (exact) mass is 551 g/mol. The first-order valence-corrected chi connectivity index (χ1v) is 13.2. The largest absolute Gasteiger partial charge is 0.455 e. The van der Waals surface area contributed by atoms with Crippen LogP contribution in [-0.2, 0) is 4.79 Å². The number of carbonyl (C=O) groups is 1. The summed E-state index contributed by atoms with van der Waals surface area (Å²) < 4.78 is 12.5. The van der Waals surface area contributed by atoms with Gasteiger partial charge in [0.1, 0.15) is 5.76 Å². The fraction of sp³-hybridized carbons (Fsp3) is 0.231. The van der Waals surface area contributed by atoms with Crippen LogP contribution in [-0.4, -0.2) is 31.8 Å². The highest BCUT2D eigenvalue weighted by atomic mass is 35.5. The van der Waals surface area contributed by atoms with E-state index in [-0.39, 0.29) is 22.5 Å². The Labute approximate surface area is 227 Å². The van der Waals surface area contributed by atoms with Crippen LogP contribution in [0.1, 0.15) is 38.7 Å². The molecule has 0 bridgehead atoms. The van der Waals surface area contributed by atoms with E-state index >= 15 is 0 Å². The molecule has 12 heteroatoms. The molecule has 1 aliphatic rings. The van der Waals surface area contributed by atoms with Gasteiger partial charge < -0.3 is 9.15 Å². The number of nitrogens with zero attached hydrogens (tertiary/aromatic N) is 5. The van der Waals surface area contributed by atoms with Gasteiger partial charge in [-0.1, -0.05) is 54.9 Å². The molecule has 0 N–H and O–H groups in total. The fourth-order valence-electron chi connectivity index (χ4n) is 4.05. The summed E-state index contributed by atoms with van der Waals surface area (Å²) in [7, 11) is 0. The summed E-state index contributed by atoms with van der Waals surface area (Å²) in [5, 5.41) is 20.4. The SMILES string of the molecule is CCCCSc1nnc2c(n1)O[C@H](c1ccc(-c3ccc([N+](=O)[O-])cc3Cl)o1)N(C(C)=O)c1ccccc1-2. The quantitative estimate of drug-likeness (QED) is 0.107. The Hall–Kier alpha value is -3.96. The molecule has 5 rings (SSSR count). The number of benzene rings is 2. The highest BCUT2D eigenvalue weighted by molar-refractivity contribution is 7.99. The van der Waals surface area contributed by atoms with Gasteiger partial charge in [-0.2, -0.15) is 4.98 Å². The molecule has 3 heterocycles. The van der Waals surface area contributed by atoms with Crippen LogP contribution in [0.5, 0.6) is 5.88 Å². The number of furan rings is 1. The van der Waals surface area contributed by atoms with Gasteiger partial charge in [-0.3, -0.25) is 19.8 Å². The van der Waals surface area contributed by atoms with E-state index in [1.807, 2.05) is 18.2 Å². The molecular formula is C26H22ClN5O5S. The van der Waals surface area contributed by atoms with E-state index in [9.17, 15) is 14.9 Å². The van der Waals surface area contributed by atoms with Crippen LogP contribution in [0, 0.1) is 10.1 Å². The Morgan fingerprint density at radius 2 is 1.97 bits per heavy atom. The van der Waals surface area contributed by atoms with Gasteiger partial charge in [-0.25, -0.2) is 0 Å². The second-order valence-electron chi connectivity index (χ2n) is 8.45. The van der Waals surface area contributed by atoms with E-state index in [0.717, 1.165) is 18.6 Å². The molecule has 10 nitrogen and oxygen atoms in total. The van der Waals surface area contributed by atoms with E-state index in [1.54, 1.807) is 18.2 Å². The van der Waals surface area contributed by atoms with Crippen molar-refractivity contribution in [1.82, 2.24) is 15.2 Å². The Morgan fingerprint density at radius 3 is 2.71 bits per heavy atom. The summed E-state index contributed by atoms with van der Waals surface area (Å²) in [6, 6.07) is 14.8. The third-order valence-electron chi connectivity index (χ3n) is 5.88. The molecule has 0 fully saturated rings. The highest BCUT2D eigenvalue weighted by Gasteiger charge is 2.36. The Bertz CT molecular complexity index is 1530. The van der Waals surface area contributed by atoms with Crippen LogP contribution in [0.3, 0.4) is 0 Å². The first kappa shape index (κ1) is 25.7. The van der Waals surface area contributed by atoms with Crippen molar-refractivity contribution < 1.29 is 18.9 Å². The second kappa shape index (κ2) is 10.8. The van der Waals surface area contributed by atoms with Crippen LogP contribution in [0.4, 0.5) is 11.4 Å². The van der Waals surface area contributed by atoms with E-state index in [1.165, 1.54) is 41.8 Å². The minimum absolute atomic E-state index is 0.131. The first-order chi connectivity index (χ1) is 18.4. The molecule has 2 aromatic heterocycles. The summed E-state index contributed by atoms with van der Waals surface area (Å²) >= 11 is 7.81. The van der Waals surface area contributed by atoms with E-state index in [0.29, 0.717) is 39.2 Å². The van der Waals surface area contributed by atoms with Crippen LogP contribution < -0.4 is 9.64 Å². The number of rotatable bonds is 7. The zero-order valence-corrected chi connectivity index (χ0v) is 22.0. The van der Waals surface area contributed by atoms with Gasteiger partial charge in [-0.05, 0) is 30.7 Å². The number of hydrogen-bond donors (Lipinski definition) is 0. The van der Waals surface area contributed by atoms with Crippen molar-refractivity contribution >= 4 is 40.6 Å². The normalized spacial score (nSPS) is 14.3. The maximum atomic E-state index is 13.0. The fourth-order valence-corrected chi connectivity index (χ4v) is 5.18. The number of nitro groups is 1. The summed E-state index contributed by atoms with van der Waals surface area (Å²) in [6.07, 6.45) is 1.05. The predicted octanol–water partition coefficient (Wildman–Crippen LogP) is 6.70. The lowest BCUT2D eigenvalue weighted by molar-refractivity contribution is -0.384. The summed E-state index contributed by atoms with van der Waals surface area (Å²) in [5.74, 6) is 1.46. The van der Waals surface area contributed by atoms with Crippen molar-refractivity contribution in [2.24, 2.45) is 0 Å². The number of hydrogen-bond acceptors (Lipinski definition) is 9. The minimum Gasteiger partial charge on any atom is -0.455 e. The third kappa shape index (κ3) is 4.94. The number of para-hydroxylation sites is 1. The van der Waals surface area contributed by atoms with Crippen molar-refractivity contribution in [1.29, 1.82) is 0 Å². The number of aromatic nitrogens is 3. The lowest BCUT2D eigenvalue weighted by Gasteiger charge is -2.28. The van der Waals surface area contributed by atoms with Crippen molar-refractivity contribution in [2.75, 3.05) is 10.7 Å². The zero-order valence-electron chi connectivity index (χ0n) is 20.5. The molecule has 2 aromatic carbocycles. The van der Waals surface area contributed by atoms with Gasteiger partial charge >= 0.3 is 0 Å². The molecule has 1 amide bonds. The minimum atomic E-state index is -1.01. The number of ether oxygens (including phenoxy) is 1. The number of anilines is 1. The summed E-state index contributed by atoms with van der Waals surface area (Å²) in [5.41, 5.74) is 1.96. The highest BCUT2D eigenvalue weighted by Crippen LogP contribution is 2.44. The first-order valence-electron chi connectivity index (χ1n) is 11.8. The number of unbranched alkanes of at least 4 members (excludes halogenated alkanes) is 1. The number of non-ortho nitro benzene ring substituents is 1. The molecular weight excluding hydrogens is 530 g/mol.